The highest BCUT2D eigenvalue weighted by Crippen LogP contribution is 2.19. The van der Waals surface area contributed by atoms with Gasteiger partial charge >= 0.3 is 18.3 Å². The van der Waals surface area contributed by atoms with Gasteiger partial charge in [-0.2, -0.15) is 0 Å². The minimum atomic E-state index is -1.78. The molecule has 84 valence electrons. The van der Waals surface area contributed by atoms with Gasteiger partial charge in [-0.15, -0.1) is 0 Å². The second kappa shape index (κ2) is 4.78. The molecule has 0 amide bonds. The molecule has 0 aliphatic rings. The first kappa shape index (κ1) is 11.5. The van der Waals surface area contributed by atoms with Crippen LogP contribution in [0, 0.1) is 0 Å². The summed E-state index contributed by atoms with van der Waals surface area (Å²) in [6, 6.07) is 5.22. The number of hydrogen-bond acceptors (Lipinski definition) is 5. The van der Waals surface area contributed by atoms with Crippen LogP contribution >= 0.6 is 0 Å². The molecule has 1 aromatic carbocycles. The van der Waals surface area contributed by atoms with Crippen LogP contribution in [0.4, 0.5) is 9.59 Å². The zero-order valence-corrected chi connectivity index (χ0v) is 7.75. The number of carboxylic acid groups (broad SMARTS) is 2. The van der Waals surface area contributed by atoms with Crippen molar-refractivity contribution in [1.29, 1.82) is 0 Å². The standard InChI is InChI=1S/C9H6O7/c10-7(16-9(13)14)5-3-1-2-4-6(5)15-8(11)12/h1-4H,(H,11,12)(H,13,14). The number of carbonyl (C=O) groups excluding carboxylic acids is 1. The van der Waals surface area contributed by atoms with Crippen LogP contribution < -0.4 is 4.74 Å². The SMILES string of the molecule is O=C(O)OC(=O)c1ccccc1OC(=O)O. The van der Waals surface area contributed by atoms with Crippen LogP contribution in [-0.4, -0.2) is 28.5 Å². The summed E-state index contributed by atoms with van der Waals surface area (Å²) in [5.74, 6) is -1.49. The van der Waals surface area contributed by atoms with E-state index in [0.29, 0.717) is 0 Å². The van der Waals surface area contributed by atoms with E-state index in [-0.39, 0.29) is 11.3 Å². The Morgan fingerprint density at radius 3 is 2.19 bits per heavy atom. The van der Waals surface area contributed by atoms with E-state index in [9.17, 15) is 14.4 Å². The highest BCUT2D eigenvalue weighted by Gasteiger charge is 2.18. The number of rotatable bonds is 2. The highest BCUT2D eigenvalue weighted by molar-refractivity contribution is 5.97. The summed E-state index contributed by atoms with van der Waals surface area (Å²) in [6.45, 7) is 0. The molecule has 0 saturated heterocycles. The van der Waals surface area contributed by atoms with Crippen LogP contribution in [-0.2, 0) is 4.74 Å². The van der Waals surface area contributed by atoms with E-state index in [4.69, 9.17) is 10.2 Å². The van der Waals surface area contributed by atoms with Gasteiger partial charge in [0.2, 0.25) is 0 Å². The molecule has 0 radical (unpaired) electrons. The summed E-state index contributed by atoms with van der Waals surface area (Å²) in [6.07, 6.45) is -3.40. The number of esters is 1. The molecule has 0 spiro atoms. The van der Waals surface area contributed by atoms with Crippen LogP contribution in [0.1, 0.15) is 10.4 Å². The Balaban J connectivity index is 2.98. The van der Waals surface area contributed by atoms with Gasteiger partial charge in [0.15, 0.2) is 0 Å². The largest absolute Gasteiger partial charge is 0.513 e. The van der Waals surface area contributed by atoms with Crippen molar-refractivity contribution in [2.45, 2.75) is 0 Å². The topological polar surface area (TPSA) is 110 Å². The predicted octanol–water partition coefficient (Wildman–Crippen LogP) is 1.58. The first-order valence-corrected chi connectivity index (χ1v) is 3.95. The van der Waals surface area contributed by atoms with Gasteiger partial charge in [0, 0.05) is 0 Å². The normalized spacial score (nSPS) is 9.25. The van der Waals surface area contributed by atoms with Crippen LogP contribution in [0.2, 0.25) is 0 Å². The van der Waals surface area contributed by atoms with Crippen LogP contribution in [0.15, 0.2) is 24.3 Å². The van der Waals surface area contributed by atoms with Gasteiger partial charge in [-0.3, -0.25) is 0 Å². The third kappa shape index (κ3) is 2.98. The molecule has 0 aliphatic heterocycles. The summed E-state index contributed by atoms with van der Waals surface area (Å²) in [5.41, 5.74) is -0.285. The molecule has 0 aromatic heterocycles. The van der Waals surface area contributed by atoms with Crippen molar-refractivity contribution in [3.05, 3.63) is 29.8 Å². The molecule has 0 heterocycles. The fourth-order valence-electron chi connectivity index (χ4n) is 0.953. The molecule has 2 N–H and O–H groups in total. The molecule has 16 heavy (non-hydrogen) atoms. The zero-order valence-electron chi connectivity index (χ0n) is 7.75. The molecule has 7 heteroatoms. The Morgan fingerprint density at radius 2 is 1.62 bits per heavy atom. The zero-order chi connectivity index (χ0) is 12.1. The number of ether oxygens (including phenoxy) is 2. The Morgan fingerprint density at radius 1 is 1.00 bits per heavy atom. The van der Waals surface area contributed by atoms with E-state index in [1.165, 1.54) is 24.3 Å². The smallest absolute Gasteiger partial charge is 0.449 e. The fraction of sp³-hybridized carbons (Fsp3) is 0. The lowest BCUT2D eigenvalue weighted by Crippen LogP contribution is -2.13. The van der Waals surface area contributed by atoms with Gasteiger partial charge in [-0.1, -0.05) is 12.1 Å². The summed E-state index contributed by atoms with van der Waals surface area (Å²) in [4.78, 5) is 31.6. The third-order valence-corrected chi connectivity index (χ3v) is 1.48. The quantitative estimate of drug-likeness (QED) is 0.447. The van der Waals surface area contributed by atoms with E-state index in [1.807, 2.05) is 0 Å². The van der Waals surface area contributed by atoms with E-state index in [0.717, 1.165) is 0 Å². The molecule has 0 bridgehead atoms. The maximum absolute atomic E-state index is 11.2. The van der Waals surface area contributed by atoms with Crippen molar-refractivity contribution in [1.82, 2.24) is 0 Å². The Bertz CT molecular complexity index is 437. The summed E-state index contributed by atoms with van der Waals surface area (Å²) < 4.78 is 8.13. The lowest BCUT2D eigenvalue weighted by Gasteiger charge is -2.04. The number of benzene rings is 1. The summed E-state index contributed by atoms with van der Waals surface area (Å²) in [5, 5.41) is 16.6. The minimum absolute atomic E-state index is 0.285. The average Bonchev–Trinajstić information content (AvgIpc) is 2.16. The highest BCUT2D eigenvalue weighted by atomic mass is 16.7. The van der Waals surface area contributed by atoms with Crippen molar-refractivity contribution in [2.75, 3.05) is 0 Å². The molecule has 0 saturated carbocycles. The van der Waals surface area contributed by atoms with Crippen molar-refractivity contribution in [3.8, 4) is 5.75 Å². The molecular formula is C9H6O7. The lowest BCUT2D eigenvalue weighted by molar-refractivity contribution is 0.0506. The molecule has 0 aliphatic carbocycles. The molecule has 1 rings (SSSR count). The van der Waals surface area contributed by atoms with Crippen LogP contribution in [0.25, 0.3) is 0 Å². The first-order chi connectivity index (χ1) is 7.50. The summed E-state index contributed by atoms with van der Waals surface area (Å²) in [7, 11) is 0. The maximum atomic E-state index is 11.2. The Hall–Kier alpha value is -2.57. The van der Waals surface area contributed by atoms with E-state index in [2.05, 4.69) is 9.47 Å². The lowest BCUT2D eigenvalue weighted by atomic mass is 10.2. The molecule has 0 fully saturated rings. The Kier molecular flexibility index (Phi) is 3.44. The van der Waals surface area contributed by atoms with Crippen molar-refractivity contribution >= 4 is 18.3 Å². The maximum Gasteiger partial charge on any atom is 0.513 e. The first-order valence-electron chi connectivity index (χ1n) is 3.95. The third-order valence-electron chi connectivity index (χ3n) is 1.48. The van der Waals surface area contributed by atoms with Crippen LogP contribution in [0.5, 0.6) is 5.75 Å². The van der Waals surface area contributed by atoms with Gasteiger partial charge in [0.25, 0.3) is 0 Å². The molecule has 7 nitrogen and oxygen atoms in total. The molecule has 0 unspecified atom stereocenters. The van der Waals surface area contributed by atoms with Gasteiger partial charge in [0.05, 0.1) is 0 Å². The molecular weight excluding hydrogens is 220 g/mol. The van der Waals surface area contributed by atoms with Crippen molar-refractivity contribution in [3.63, 3.8) is 0 Å². The van der Waals surface area contributed by atoms with Gasteiger partial charge in [-0.25, -0.2) is 14.4 Å². The fourth-order valence-corrected chi connectivity index (χ4v) is 0.953. The van der Waals surface area contributed by atoms with E-state index < -0.39 is 18.3 Å². The van der Waals surface area contributed by atoms with E-state index in [1.54, 1.807) is 0 Å². The van der Waals surface area contributed by atoms with Crippen molar-refractivity contribution < 1.29 is 34.1 Å². The van der Waals surface area contributed by atoms with E-state index >= 15 is 0 Å². The van der Waals surface area contributed by atoms with Crippen LogP contribution in [0.3, 0.4) is 0 Å². The molecule has 1 aromatic rings. The number of carbonyl (C=O) groups is 3. The predicted molar refractivity (Wildman–Crippen MR) is 48.5 cm³/mol. The summed E-state index contributed by atoms with van der Waals surface area (Å²) >= 11 is 0. The Labute approximate surface area is 88.8 Å². The van der Waals surface area contributed by atoms with Gasteiger partial charge in [-0.05, 0) is 12.1 Å². The van der Waals surface area contributed by atoms with Crippen molar-refractivity contribution in [2.24, 2.45) is 0 Å². The van der Waals surface area contributed by atoms with Gasteiger partial charge < -0.3 is 19.7 Å². The monoisotopic (exact) mass is 226 g/mol. The molecule has 0 atom stereocenters. The number of hydrogen-bond donors (Lipinski definition) is 2. The van der Waals surface area contributed by atoms with Gasteiger partial charge in [0.1, 0.15) is 11.3 Å². The second-order valence-electron chi connectivity index (χ2n) is 2.52. The second-order valence-corrected chi connectivity index (χ2v) is 2.52. The average molecular weight is 226 g/mol. The minimum Gasteiger partial charge on any atom is -0.449 e. The number of para-hydroxylation sites is 1.